The summed E-state index contributed by atoms with van der Waals surface area (Å²) in [7, 11) is 1.72. The van der Waals surface area contributed by atoms with Crippen molar-refractivity contribution in [2.24, 2.45) is 11.8 Å². The minimum atomic E-state index is -1.38. The number of hydrogen-bond donors (Lipinski definition) is 1. The minimum Gasteiger partial charge on any atom is -0.543 e. The van der Waals surface area contributed by atoms with Crippen molar-refractivity contribution < 1.29 is 54.2 Å². The number of carboxylic acid groups (broad SMARTS) is 1. The van der Waals surface area contributed by atoms with Crippen LogP contribution in [0.15, 0.2) is 10.6 Å². The van der Waals surface area contributed by atoms with Crippen LogP contribution in [0.5, 0.6) is 0 Å². The van der Waals surface area contributed by atoms with Gasteiger partial charge in [0.1, 0.15) is 0 Å². The Morgan fingerprint density at radius 2 is 2.04 bits per heavy atom. The molecule has 0 radical (unpaired) electrons. The second-order valence-electron chi connectivity index (χ2n) is 6.47. The molecule has 0 spiro atoms. The van der Waals surface area contributed by atoms with Gasteiger partial charge < -0.3 is 24.8 Å². The van der Waals surface area contributed by atoms with Crippen molar-refractivity contribution in [2.45, 2.75) is 37.7 Å². The van der Waals surface area contributed by atoms with E-state index < -0.39 is 18.0 Å². The summed E-state index contributed by atoms with van der Waals surface area (Å²) in [6, 6.07) is -0.340. The van der Waals surface area contributed by atoms with Gasteiger partial charge in [0.05, 0.1) is 29.7 Å². The summed E-state index contributed by atoms with van der Waals surface area (Å²) in [6.45, 7) is 3.96. The zero-order chi connectivity index (χ0) is 17.0. The molecule has 0 bridgehead atoms. The molecule has 0 aromatic heterocycles. The summed E-state index contributed by atoms with van der Waals surface area (Å²) in [5.41, 5.74) is -0.0867. The van der Waals surface area contributed by atoms with Crippen molar-refractivity contribution in [3.63, 3.8) is 0 Å². The zero-order valence-electron chi connectivity index (χ0n) is 14.2. The van der Waals surface area contributed by atoms with Gasteiger partial charge in [-0.3, -0.25) is 9.59 Å². The number of carbonyl (C=O) groups excluding carboxylic acids is 3. The molecule has 0 aromatic carbocycles. The molecule has 24 heavy (non-hydrogen) atoms. The molecular weight excluding hydrogens is 343 g/mol. The molecule has 2 fully saturated rings. The minimum absolute atomic E-state index is 0. The molecule has 7 nitrogen and oxygen atoms in total. The molecule has 0 aliphatic carbocycles. The second kappa shape index (κ2) is 6.99. The zero-order valence-corrected chi connectivity index (χ0v) is 17.0. The number of rotatable bonds is 4. The maximum Gasteiger partial charge on any atom is 1.00 e. The van der Waals surface area contributed by atoms with E-state index in [1.165, 1.54) is 16.7 Å². The number of thioether (sulfide) groups is 1. The predicted octanol–water partition coefficient (Wildman–Crippen LogP) is -4.23. The number of carbonyl (C=O) groups is 3. The number of β-lactam (4-membered cyclic amide) rings is 1. The largest absolute Gasteiger partial charge is 1.00 e. The number of fused-ring (bicyclic) bond motifs is 1. The predicted molar refractivity (Wildman–Crippen MR) is 80.6 cm³/mol. The number of likely N-dealkylation sites (tertiary alicyclic amines) is 1. The number of aliphatic carboxylic acids is 1. The van der Waals surface area contributed by atoms with E-state index in [2.05, 4.69) is 0 Å². The van der Waals surface area contributed by atoms with E-state index >= 15 is 0 Å². The van der Waals surface area contributed by atoms with Crippen LogP contribution in [-0.2, 0) is 14.4 Å². The van der Waals surface area contributed by atoms with Gasteiger partial charge in [0, 0.05) is 36.1 Å². The Morgan fingerprint density at radius 3 is 2.50 bits per heavy atom. The van der Waals surface area contributed by atoms with Crippen LogP contribution in [0.25, 0.3) is 0 Å². The Hall–Kier alpha value is -0.540. The molecule has 3 rings (SSSR count). The van der Waals surface area contributed by atoms with Gasteiger partial charge in [-0.25, -0.2) is 0 Å². The Bertz CT molecular complexity index is 623. The van der Waals surface area contributed by atoms with Crippen LogP contribution >= 0.6 is 11.8 Å². The van der Waals surface area contributed by atoms with E-state index in [1.54, 1.807) is 18.9 Å². The fourth-order valence-electron chi connectivity index (χ4n) is 3.75. The number of amides is 2. The SMILES string of the molecule is CC(O)C1C(=O)N2C(C(=O)[O-])=C(SC3CC(=O)N(C)C3)C(C)[C@@H]12.[Na+]. The monoisotopic (exact) mass is 362 g/mol. The first-order valence-electron chi connectivity index (χ1n) is 7.61. The maximum atomic E-state index is 12.2. The van der Waals surface area contributed by atoms with Crippen molar-refractivity contribution in [2.75, 3.05) is 13.6 Å². The number of aliphatic hydroxyl groups is 1. The molecule has 3 aliphatic heterocycles. The third-order valence-electron chi connectivity index (χ3n) is 4.90. The first-order chi connectivity index (χ1) is 10.7. The first-order valence-corrected chi connectivity index (χ1v) is 8.49. The summed E-state index contributed by atoms with van der Waals surface area (Å²) in [5.74, 6) is -2.48. The average Bonchev–Trinajstić information content (AvgIpc) is 2.87. The number of aliphatic hydroxyl groups excluding tert-OH is 1. The Balaban J connectivity index is 0.00000208. The first kappa shape index (κ1) is 19.8. The van der Waals surface area contributed by atoms with Crippen LogP contribution in [0.3, 0.4) is 0 Å². The molecular formula is C15H19N2NaO5S. The third-order valence-corrected chi connectivity index (χ3v) is 6.37. The maximum absolute atomic E-state index is 12.2. The van der Waals surface area contributed by atoms with E-state index in [0.29, 0.717) is 17.9 Å². The summed E-state index contributed by atoms with van der Waals surface area (Å²) >= 11 is 1.35. The van der Waals surface area contributed by atoms with Gasteiger partial charge in [0.2, 0.25) is 11.8 Å². The molecule has 3 heterocycles. The second-order valence-corrected chi connectivity index (χ2v) is 7.81. The smallest absolute Gasteiger partial charge is 0.543 e. The van der Waals surface area contributed by atoms with Gasteiger partial charge in [-0.1, -0.05) is 6.92 Å². The van der Waals surface area contributed by atoms with Crippen molar-refractivity contribution >= 4 is 29.5 Å². The van der Waals surface area contributed by atoms with Crippen molar-refractivity contribution in [1.29, 1.82) is 0 Å². The standard InChI is InChI=1S/C15H20N2O5S.Na/c1-6-11-10(7(2)18)14(20)17(11)12(15(21)22)13(6)23-8-4-9(19)16(3)5-8;/h6-8,10-11,18H,4-5H2,1-3H3,(H,21,22);/q;+1/p-1/t6?,7?,8?,10?,11-;/m0./s1. The van der Waals surface area contributed by atoms with Gasteiger partial charge in [-0.2, -0.15) is 0 Å². The van der Waals surface area contributed by atoms with E-state index in [9.17, 15) is 24.6 Å². The van der Waals surface area contributed by atoms with Gasteiger partial charge in [0.15, 0.2) is 0 Å². The van der Waals surface area contributed by atoms with E-state index in [1.807, 2.05) is 6.92 Å². The molecule has 1 N–H and O–H groups in total. The summed E-state index contributed by atoms with van der Waals surface area (Å²) in [4.78, 5) is 38.9. The molecule has 2 saturated heterocycles. The van der Waals surface area contributed by atoms with Crippen LogP contribution in [0.1, 0.15) is 20.3 Å². The van der Waals surface area contributed by atoms with Crippen molar-refractivity contribution in [3.05, 3.63) is 10.6 Å². The summed E-state index contributed by atoms with van der Waals surface area (Å²) in [6.07, 6.45) is -0.464. The van der Waals surface area contributed by atoms with Crippen molar-refractivity contribution in [1.82, 2.24) is 9.80 Å². The Morgan fingerprint density at radius 1 is 1.42 bits per heavy atom. The normalized spacial score (nSPS) is 33.3. The molecule has 0 aromatic rings. The molecule has 3 aliphatic rings. The van der Waals surface area contributed by atoms with Gasteiger partial charge >= 0.3 is 29.6 Å². The summed E-state index contributed by atoms with van der Waals surface area (Å²) < 4.78 is 0. The molecule has 0 saturated carbocycles. The molecule has 9 heteroatoms. The number of hydrogen-bond acceptors (Lipinski definition) is 6. The fraction of sp³-hybridized carbons (Fsp3) is 0.667. The van der Waals surface area contributed by atoms with E-state index in [0.717, 1.165) is 0 Å². The van der Waals surface area contributed by atoms with Gasteiger partial charge in [0.25, 0.3) is 0 Å². The Kier molecular flexibility index (Phi) is 5.76. The molecule has 2 amide bonds. The quantitative estimate of drug-likeness (QED) is 0.402. The average molecular weight is 362 g/mol. The number of carboxylic acids is 1. The topological polar surface area (TPSA) is 101 Å². The van der Waals surface area contributed by atoms with Gasteiger partial charge in [-0.15, -0.1) is 11.8 Å². The molecule has 4 unspecified atom stereocenters. The summed E-state index contributed by atoms with van der Waals surface area (Å²) in [5, 5.41) is 21.3. The van der Waals surface area contributed by atoms with Gasteiger partial charge in [-0.05, 0) is 6.92 Å². The van der Waals surface area contributed by atoms with Crippen LogP contribution in [0.4, 0.5) is 0 Å². The fourth-order valence-corrected chi connectivity index (χ4v) is 5.28. The van der Waals surface area contributed by atoms with Crippen LogP contribution in [0, 0.1) is 11.8 Å². The van der Waals surface area contributed by atoms with Crippen LogP contribution in [0.2, 0.25) is 0 Å². The van der Waals surface area contributed by atoms with Crippen molar-refractivity contribution in [3.8, 4) is 0 Å². The number of nitrogens with zero attached hydrogens (tertiary/aromatic N) is 2. The third kappa shape index (κ3) is 2.92. The van der Waals surface area contributed by atoms with Crippen LogP contribution < -0.4 is 34.7 Å². The molecule has 5 atom stereocenters. The van der Waals surface area contributed by atoms with Crippen LogP contribution in [-0.4, -0.2) is 63.7 Å². The molecule has 126 valence electrons. The van der Waals surface area contributed by atoms with E-state index in [-0.39, 0.29) is 64.3 Å². The Labute approximate surface area is 166 Å². The van der Waals surface area contributed by atoms with E-state index in [4.69, 9.17) is 0 Å².